The van der Waals surface area contributed by atoms with Gasteiger partial charge in [0.15, 0.2) is 11.7 Å². The second-order valence-corrected chi connectivity index (χ2v) is 7.03. The first kappa shape index (κ1) is 28.0. The number of aliphatic imine (C=N–C) groups is 1. The molecule has 0 spiro atoms. The summed E-state index contributed by atoms with van der Waals surface area (Å²) >= 11 is 0. The van der Waals surface area contributed by atoms with Gasteiger partial charge in [0.25, 0.3) is 0 Å². The van der Waals surface area contributed by atoms with E-state index in [1.807, 2.05) is 32.0 Å². The van der Waals surface area contributed by atoms with Crippen LogP contribution in [0.5, 0.6) is 5.75 Å². The standard InChI is InChI=1S/C21H30F3N5O2.HI/c1-5-25-20(27-13-17-14-29(3)28-19(17)21(22,23)24)26-12-16-8-7-15(2)11-18(16)31-10-6-9-30-4;/h7-8,11,14H,5-6,9-10,12-13H2,1-4H3,(H2,25,26,27);1H. The Morgan fingerprint density at radius 1 is 1.19 bits per heavy atom. The minimum absolute atomic E-state index is 0. The highest BCUT2D eigenvalue weighted by Crippen LogP contribution is 2.30. The number of alkyl halides is 3. The van der Waals surface area contributed by atoms with Gasteiger partial charge in [0.1, 0.15) is 5.75 Å². The molecule has 0 aliphatic carbocycles. The summed E-state index contributed by atoms with van der Waals surface area (Å²) in [5.74, 6) is 1.16. The molecule has 0 bridgehead atoms. The third kappa shape index (κ3) is 8.85. The Morgan fingerprint density at radius 2 is 1.94 bits per heavy atom. The summed E-state index contributed by atoms with van der Waals surface area (Å²) in [6, 6.07) is 5.90. The lowest BCUT2D eigenvalue weighted by atomic mass is 10.1. The normalized spacial score (nSPS) is 11.8. The van der Waals surface area contributed by atoms with E-state index in [4.69, 9.17) is 9.47 Å². The van der Waals surface area contributed by atoms with E-state index in [-0.39, 0.29) is 36.1 Å². The number of nitrogens with one attached hydrogen (secondary N) is 2. The number of guanidine groups is 1. The topological polar surface area (TPSA) is 72.7 Å². The van der Waals surface area contributed by atoms with Crippen molar-refractivity contribution in [2.45, 2.75) is 39.5 Å². The number of hydrogen-bond donors (Lipinski definition) is 2. The molecule has 1 heterocycles. The Hall–Kier alpha value is -2.02. The van der Waals surface area contributed by atoms with Crippen LogP contribution in [0.15, 0.2) is 29.4 Å². The van der Waals surface area contributed by atoms with E-state index < -0.39 is 11.9 Å². The van der Waals surface area contributed by atoms with E-state index in [1.54, 1.807) is 7.11 Å². The summed E-state index contributed by atoms with van der Waals surface area (Å²) in [5.41, 5.74) is 1.10. The van der Waals surface area contributed by atoms with Crippen LogP contribution in [-0.2, 0) is 31.1 Å². The zero-order valence-corrected chi connectivity index (χ0v) is 21.1. The van der Waals surface area contributed by atoms with Crippen LogP contribution < -0.4 is 15.4 Å². The quantitative estimate of drug-likeness (QED) is 0.196. The molecule has 2 N–H and O–H groups in total. The first-order chi connectivity index (χ1) is 14.7. The zero-order chi connectivity index (χ0) is 22.9. The molecule has 7 nitrogen and oxygen atoms in total. The van der Waals surface area contributed by atoms with E-state index in [0.29, 0.717) is 32.3 Å². The number of aryl methyl sites for hydroxylation is 2. The first-order valence-electron chi connectivity index (χ1n) is 10.1. The Balaban J connectivity index is 0.00000512. The lowest BCUT2D eigenvalue weighted by molar-refractivity contribution is -0.142. The Morgan fingerprint density at radius 3 is 2.59 bits per heavy atom. The number of halogens is 4. The number of aromatic nitrogens is 2. The molecule has 180 valence electrons. The van der Waals surface area contributed by atoms with Crippen molar-refractivity contribution in [3.05, 3.63) is 46.8 Å². The molecule has 2 rings (SSSR count). The van der Waals surface area contributed by atoms with Gasteiger partial charge < -0.3 is 20.1 Å². The van der Waals surface area contributed by atoms with Crippen LogP contribution in [-0.4, -0.2) is 42.6 Å². The number of benzene rings is 1. The highest BCUT2D eigenvalue weighted by Gasteiger charge is 2.36. The smallest absolute Gasteiger partial charge is 0.435 e. The summed E-state index contributed by atoms with van der Waals surface area (Å²) in [6.45, 7) is 5.84. The van der Waals surface area contributed by atoms with Crippen LogP contribution in [0.3, 0.4) is 0 Å². The lowest BCUT2D eigenvalue weighted by Gasteiger charge is -2.15. The minimum Gasteiger partial charge on any atom is -0.493 e. The predicted molar refractivity (Wildman–Crippen MR) is 128 cm³/mol. The van der Waals surface area contributed by atoms with Crippen LogP contribution in [0, 0.1) is 6.92 Å². The molecule has 0 saturated carbocycles. The maximum Gasteiger partial charge on any atom is 0.435 e. The van der Waals surface area contributed by atoms with Crippen molar-refractivity contribution in [2.24, 2.45) is 12.0 Å². The van der Waals surface area contributed by atoms with Crippen molar-refractivity contribution in [3.63, 3.8) is 0 Å². The van der Waals surface area contributed by atoms with E-state index in [0.717, 1.165) is 28.0 Å². The highest BCUT2D eigenvalue weighted by atomic mass is 127. The average Bonchev–Trinajstić information content (AvgIpc) is 3.09. The molecule has 0 radical (unpaired) electrons. The first-order valence-corrected chi connectivity index (χ1v) is 10.1. The molecule has 32 heavy (non-hydrogen) atoms. The van der Waals surface area contributed by atoms with Crippen LogP contribution in [0.2, 0.25) is 0 Å². The lowest BCUT2D eigenvalue weighted by Crippen LogP contribution is -2.37. The van der Waals surface area contributed by atoms with Crippen molar-refractivity contribution in [3.8, 4) is 5.75 Å². The molecule has 0 unspecified atom stereocenters. The van der Waals surface area contributed by atoms with Crippen molar-refractivity contribution < 1.29 is 22.6 Å². The SMILES string of the molecule is CCNC(=NCc1cn(C)nc1C(F)(F)F)NCc1ccc(C)cc1OCCCOC.I. The molecule has 11 heteroatoms. The van der Waals surface area contributed by atoms with E-state index in [1.165, 1.54) is 13.2 Å². The summed E-state index contributed by atoms with van der Waals surface area (Å²) in [7, 11) is 3.10. The molecule has 0 aliphatic heterocycles. The Bertz CT molecular complexity index is 872. The Labute approximate surface area is 203 Å². The molecule has 0 saturated heterocycles. The number of ether oxygens (including phenoxy) is 2. The van der Waals surface area contributed by atoms with E-state index in [2.05, 4.69) is 20.7 Å². The Kier molecular flexibility index (Phi) is 11.8. The number of rotatable bonds is 10. The summed E-state index contributed by atoms with van der Waals surface area (Å²) in [5, 5.41) is 9.73. The second-order valence-electron chi connectivity index (χ2n) is 7.03. The maximum absolute atomic E-state index is 13.2. The van der Waals surface area contributed by atoms with Crippen molar-refractivity contribution in [1.82, 2.24) is 20.4 Å². The minimum atomic E-state index is -4.52. The highest BCUT2D eigenvalue weighted by molar-refractivity contribution is 14.0. The van der Waals surface area contributed by atoms with Gasteiger partial charge in [0.05, 0.1) is 13.2 Å². The summed E-state index contributed by atoms with van der Waals surface area (Å²) < 4.78 is 51.5. The number of methoxy groups -OCH3 is 1. The third-order valence-corrected chi connectivity index (χ3v) is 4.34. The summed E-state index contributed by atoms with van der Waals surface area (Å²) in [6.07, 6.45) is -2.41. The molecule has 1 aromatic carbocycles. The van der Waals surface area contributed by atoms with E-state index in [9.17, 15) is 13.2 Å². The average molecular weight is 569 g/mol. The van der Waals surface area contributed by atoms with Gasteiger partial charge in [-0.05, 0) is 25.5 Å². The fraction of sp³-hybridized carbons (Fsp3) is 0.524. The molecule has 0 atom stereocenters. The van der Waals surface area contributed by atoms with Gasteiger partial charge in [-0.1, -0.05) is 12.1 Å². The number of nitrogens with zero attached hydrogens (tertiary/aromatic N) is 3. The second kappa shape index (κ2) is 13.5. The molecular formula is C21H31F3IN5O2. The van der Waals surface area contributed by atoms with Crippen LogP contribution in [0.4, 0.5) is 13.2 Å². The van der Waals surface area contributed by atoms with Crippen LogP contribution >= 0.6 is 24.0 Å². The van der Waals surface area contributed by atoms with Crippen molar-refractivity contribution in [1.29, 1.82) is 0 Å². The largest absolute Gasteiger partial charge is 0.493 e. The van der Waals surface area contributed by atoms with Gasteiger partial charge in [0, 0.05) is 57.6 Å². The molecule has 1 aromatic heterocycles. The fourth-order valence-electron chi connectivity index (χ4n) is 2.90. The van der Waals surface area contributed by atoms with Gasteiger partial charge in [-0.15, -0.1) is 24.0 Å². The summed E-state index contributed by atoms with van der Waals surface area (Å²) in [4.78, 5) is 4.30. The van der Waals surface area contributed by atoms with Gasteiger partial charge in [-0.2, -0.15) is 18.3 Å². The molecule has 0 amide bonds. The zero-order valence-electron chi connectivity index (χ0n) is 18.8. The third-order valence-electron chi connectivity index (χ3n) is 4.34. The van der Waals surface area contributed by atoms with Crippen LogP contribution in [0.1, 0.15) is 35.7 Å². The van der Waals surface area contributed by atoms with Crippen molar-refractivity contribution in [2.75, 3.05) is 26.9 Å². The molecule has 0 aliphatic rings. The molecule has 0 fully saturated rings. The monoisotopic (exact) mass is 569 g/mol. The van der Waals surface area contributed by atoms with E-state index >= 15 is 0 Å². The van der Waals surface area contributed by atoms with Crippen molar-refractivity contribution >= 4 is 29.9 Å². The predicted octanol–water partition coefficient (Wildman–Crippen LogP) is 4.04. The fourth-order valence-corrected chi connectivity index (χ4v) is 2.90. The number of hydrogen-bond acceptors (Lipinski definition) is 4. The van der Waals surface area contributed by atoms with Gasteiger partial charge >= 0.3 is 6.18 Å². The molecular weight excluding hydrogens is 538 g/mol. The van der Waals surface area contributed by atoms with Crippen LogP contribution in [0.25, 0.3) is 0 Å². The maximum atomic E-state index is 13.2. The van der Waals surface area contributed by atoms with Gasteiger partial charge in [-0.25, -0.2) is 4.99 Å². The molecule has 2 aromatic rings. The van der Waals surface area contributed by atoms with Gasteiger partial charge in [-0.3, -0.25) is 4.68 Å². The van der Waals surface area contributed by atoms with Gasteiger partial charge in [0.2, 0.25) is 0 Å².